The zero-order chi connectivity index (χ0) is 33.0. The highest BCUT2D eigenvalue weighted by molar-refractivity contribution is 6.23. The topological polar surface area (TPSA) is 103 Å². The molecule has 0 amide bonds. The zero-order valence-electron chi connectivity index (χ0n) is 26.4. The third-order valence-electron chi connectivity index (χ3n) is 9.18. The van der Waals surface area contributed by atoms with Gasteiger partial charge in [-0.25, -0.2) is 29.9 Å². The van der Waals surface area contributed by atoms with Crippen LogP contribution in [0.15, 0.2) is 146 Å². The SMILES string of the molecule is c1ccc2ncc(-c3ncnc(-c4ccc5c(ccc6cc(-c7ncnc(-c8cnc9ccccc9c8)n7)c7ccccc7c65)c4)n3)cc2c1. The first kappa shape index (κ1) is 28.0. The van der Waals surface area contributed by atoms with Crippen LogP contribution < -0.4 is 0 Å². The van der Waals surface area contributed by atoms with Crippen LogP contribution >= 0.6 is 0 Å². The van der Waals surface area contributed by atoms with Gasteiger partial charge in [0.25, 0.3) is 0 Å². The number of fused-ring (bicyclic) bond motifs is 7. The molecule has 8 heteroatoms. The Morgan fingerprint density at radius 2 is 0.880 bits per heavy atom. The maximum Gasteiger partial charge on any atom is 0.164 e. The average molecular weight is 641 g/mol. The number of benzene rings is 6. The van der Waals surface area contributed by atoms with E-state index in [-0.39, 0.29) is 0 Å². The molecule has 8 nitrogen and oxygen atoms in total. The Morgan fingerprint density at radius 3 is 1.58 bits per heavy atom. The van der Waals surface area contributed by atoms with E-state index < -0.39 is 0 Å². The van der Waals surface area contributed by atoms with E-state index in [4.69, 9.17) is 9.97 Å². The monoisotopic (exact) mass is 640 g/mol. The Hall–Kier alpha value is -7.06. The minimum atomic E-state index is 0.585. The van der Waals surface area contributed by atoms with E-state index in [1.807, 2.05) is 60.9 Å². The predicted molar refractivity (Wildman–Crippen MR) is 198 cm³/mol. The van der Waals surface area contributed by atoms with Gasteiger partial charge in [-0.15, -0.1) is 0 Å². The molecule has 0 spiro atoms. The van der Waals surface area contributed by atoms with Crippen LogP contribution in [0.2, 0.25) is 0 Å². The molecule has 0 fully saturated rings. The number of rotatable bonds is 4. The van der Waals surface area contributed by atoms with Crippen molar-refractivity contribution < 1.29 is 0 Å². The molecule has 0 radical (unpaired) electrons. The van der Waals surface area contributed by atoms with Gasteiger partial charge in [0, 0.05) is 45.4 Å². The van der Waals surface area contributed by atoms with Crippen molar-refractivity contribution in [3.05, 3.63) is 146 Å². The minimum absolute atomic E-state index is 0.585. The standard InChI is InChI=1S/C42H24N8/c1-5-11-36-26(7-1)18-30(21-43-36)40-46-23-45-39(49-40)29-15-16-32-25(17-29)13-14-28-20-35(33-9-3-4-10-34(33)38(28)32)42-48-24-47-41(50-42)31-19-27-8-2-6-12-37(27)44-22-31/h1-24H. The molecular formula is C42H24N8. The molecule has 0 aliphatic rings. The summed E-state index contributed by atoms with van der Waals surface area (Å²) in [5.74, 6) is 2.40. The van der Waals surface area contributed by atoms with Gasteiger partial charge in [0.15, 0.2) is 23.3 Å². The van der Waals surface area contributed by atoms with Crippen LogP contribution in [0.25, 0.3) is 99.7 Å². The summed E-state index contributed by atoms with van der Waals surface area (Å²) in [6.45, 7) is 0. The molecule has 50 heavy (non-hydrogen) atoms. The first-order valence-electron chi connectivity index (χ1n) is 16.2. The Balaban J connectivity index is 1.07. The normalized spacial score (nSPS) is 11.6. The maximum absolute atomic E-state index is 4.94. The van der Waals surface area contributed by atoms with Crippen molar-refractivity contribution in [1.29, 1.82) is 0 Å². The summed E-state index contributed by atoms with van der Waals surface area (Å²) in [6, 6.07) is 41.5. The van der Waals surface area contributed by atoms with Gasteiger partial charge in [-0.1, -0.05) is 84.9 Å². The minimum Gasteiger partial charge on any atom is -0.255 e. The lowest BCUT2D eigenvalue weighted by Crippen LogP contribution is -1.97. The van der Waals surface area contributed by atoms with E-state index in [9.17, 15) is 0 Å². The Bertz CT molecular complexity index is 2960. The van der Waals surface area contributed by atoms with Crippen LogP contribution in [-0.4, -0.2) is 39.9 Å². The van der Waals surface area contributed by atoms with Crippen molar-refractivity contribution >= 4 is 54.1 Å². The van der Waals surface area contributed by atoms with Crippen molar-refractivity contribution in [3.8, 4) is 45.6 Å². The molecule has 6 aromatic carbocycles. The molecule has 0 saturated heterocycles. The lowest BCUT2D eigenvalue weighted by atomic mass is 9.92. The highest BCUT2D eigenvalue weighted by Gasteiger charge is 2.16. The molecule has 4 heterocycles. The van der Waals surface area contributed by atoms with E-state index in [2.05, 4.69) is 103 Å². The smallest absolute Gasteiger partial charge is 0.164 e. The number of pyridine rings is 2. The second kappa shape index (κ2) is 11.3. The lowest BCUT2D eigenvalue weighted by molar-refractivity contribution is 1.06. The summed E-state index contributed by atoms with van der Waals surface area (Å²) in [5, 5.41) is 8.76. The highest BCUT2D eigenvalue weighted by Crippen LogP contribution is 2.38. The van der Waals surface area contributed by atoms with Crippen molar-refractivity contribution in [2.24, 2.45) is 0 Å². The van der Waals surface area contributed by atoms with Crippen LogP contribution in [-0.2, 0) is 0 Å². The van der Waals surface area contributed by atoms with Gasteiger partial charge < -0.3 is 0 Å². The van der Waals surface area contributed by atoms with Gasteiger partial charge in [-0.3, -0.25) is 9.97 Å². The first-order valence-corrected chi connectivity index (χ1v) is 16.2. The fourth-order valence-corrected chi connectivity index (χ4v) is 6.79. The van der Waals surface area contributed by atoms with E-state index in [1.54, 1.807) is 12.7 Å². The van der Waals surface area contributed by atoms with Crippen LogP contribution in [0.1, 0.15) is 0 Å². The number of aromatic nitrogens is 8. The third-order valence-corrected chi connectivity index (χ3v) is 9.18. The summed E-state index contributed by atoms with van der Waals surface area (Å²) in [7, 11) is 0. The lowest BCUT2D eigenvalue weighted by Gasteiger charge is -2.13. The van der Waals surface area contributed by atoms with Crippen LogP contribution in [0.3, 0.4) is 0 Å². The zero-order valence-corrected chi connectivity index (χ0v) is 26.4. The quantitative estimate of drug-likeness (QED) is 0.175. The van der Waals surface area contributed by atoms with Gasteiger partial charge >= 0.3 is 0 Å². The van der Waals surface area contributed by atoms with Gasteiger partial charge in [0.1, 0.15) is 12.7 Å². The summed E-state index contributed by atoms with van der Waals surface area (Å²) >= 11 is 0. The Labute approximate surface area is 285 Å². The average Bonchev–Trinajstić information content (AvgIpc) is 3.20. The molecular weight excluding hydrogens is 617 g/mol. The van der Waals surface area contributed by atoms with Crippen LogP contribution in [0, 0.1) is 0 Å². The predicted octanol–water partition coefficient (Wildman–Crippen LogP) is 9.28. The van der Waals surface area contributed by atoms with E-state index >= 15 is 0 Å². The molecule has 232 valence electrons. The maximum atomic E-state index is 4.94. The molecule has 0 unspecified atom stereocenters. The Morgan fingerprint density at radius 1 is 0.340 bits per heavy atom. The number of hydrogen-bond donors (Lipinski definition) is 0. The van der Waals surface area contributed by atoms with E-state index in [0.29, 0.717) is 23.3 Å². The second-order valence-electron chi connectivity index (χ2n) is 12.2. The molecule has 4 aromatic heterocycles. The van der Waals surface area contributed by atoms with E-state index in [0.717, 1.165) is 71.0 Å². The van der Waals surface area contributed by atoms with Crippen LogP contribution in [0.5, 0.6) is 0 Å². The number of para-hydroxylation sites is 2. The Kier molecular flexibility index (Phi) is 6.32. The van der Waals surface area contributed by atoms with Crippen molar-refractivity contribution in [3.63, 3.8) is 0 Å². The number of nitrogens with zero attached hydrogens (tertiary/aromatic N) is 8. The van der Waals surface area contributed by atoms with Gasteiger partial charge in [0.2, 0.25) is 0 Å². The molecule has 10 aromatic rings. The second-order valence-corrected chi connectivity index (χ2v) is 12.2. The van der Waals surface area contributed by atoms with Crippen molar-refractivity contribution in [1.82, 2.24) is 39.9 Å². The summed E-state index contributed by atoms with van der Waals surface area (Å²) in [5.41, 5.74) is 5.42. The van der Waals surface area contributed by atoms with Crippen molar-refractivity contribution in [2.75, 3.05) is 0 Å². The molecule has 0 aliphatic heterocycles. The fourth-order valence-electron chi connectivity index (χ4n) is 6.79. The number of hydrogen-bond acceptors (Lipinski definition) is 8. The van der Waals surface area contributed by atoms with Gasteiger partial charge in [0.05, 0.1) is 11.0 Å². The summed E-state index contributed by atoms with van der Waals surface area (Å²) in [4.78, 5) is 37.2. The molecule has 0 bridgehead atoms. The largest absolute Gasteiger partial charge is 0.255 e. The third kappa shape index (κ3) is 4.70. The molecule has 10 rings (SSSR count). The first-order chi connectivity index (χ1) is 24.7. The van der Waals surface area contributed by atoms with E-state index in [1.165, 1.54) is 5.39 Å². The summed E-state index contributed by atoms with van der Waals surface area (Å²) in [6.07, 6.45) is 6.77. The van der Waals surface area contributed by atoms with Gasteiger partial charge in [-0.2, -0.15) is 0 Å². The van der Waals surface area contributed by atoms with Crippen molar-refractivity contribution in [2.45, 2.75) is 0 Å². The molecule has 0 atom stereocenters. The molecule has 0 aliphatic carbocycles. The molecule has 0 saturated carbocycles. The van der Waals surface area contributed by atoms with Crippen LogP contribution in [0.4, 0.5) is 0 Å². The molecule has 0 N–H and O–H groups in total. The van der Waals surface area contributed by atoms with Gasteiger partial charge in [-0.05, 0) is 68.7 Å². The fraction of sp³-hybridized carbons (Fsp3) is 0. The summed E-state index contributed by atoms with van der Waals surface area (Å²) < 4.78 is 0. The highest BCUT2D eigenvalue weighted by atomic mass is 15.0.